The lowest BCUT2D eigenvalue weighted by Crippen LogP contribution is -2.17. The maximum Gasteiger partial charge on any atom is 0.231 e. The molecule has 110 valence electrons. The first-order valence-corrected chi connectivity index (χ1v) is 8.62. The maximum atomic E-state index is 5.51. The Morgan fingerprint density at radius 2 is 2.24 bits per heavy atom. The minimum Gasteiger partial charge on any atom is -0.454 e. The molecule has 1 aliphatic heterocycles. The van der Waals surface area contributed by atoms with Gasteiger partial charge in [-0.15, -0.1) is 11.3 Å². The second kappa shape index (κ2) is 5.26. The van der Waals surface area contributed by atoms with Gasteiger partial charge in [-0.3, -0.25) is 0 Å². The smallest absolute Gasteiger partial charge is 0.231 e. The average molecular weight is 367 g/mol. The molecule has 1 unspecified atom stereocenters. The molecular formula is C15H15BrN2O2S. The number of thiazole rings is 1. The van der Waals surface area contributed by atoms with E-state index in [1.807, 2.05) is 24.5 Å². The number of rotatable bonds is 3. The lowest BCUT2D eigenvalue weighted by atomic mass is 10.1. The number of nitrogens with zero attached hydrogens (tertiary/aromatic N) is 1. The highest BCUT2D eigenvalue weighted by atomic mass is 79.9. The van der Waals surface area contributed by atoms with Gasteiger partial charge in [-0.25, -0.2) is 4.98 Å². The number of benzene rings is 1. The summed E-state index contributed by atoms with van der Waals surface area (Å²) in [4.78, 5) is 6.28. The number of hydrogen-bond acceptors (Lipinski definition) is 5. The Hall–Kier alpha value is -1.11. The molecule has 1 aliphatic carbocycles. The second-order valence-corrected chi connectivity index (χ2v) is 7.20. The van der Waals surface area contributed by atoms with Crippen LogP contribution in [0.3, 0.4) is 0 Å². The molecule has 1 aromatic carbocycles. The van der Waals surface area contributed by atoms with Crippen LogP contribution in [0.4, 0.5) is 0 Å². The van der Waals surface area contributed by atoms with Gasteiger partial charge in [0.15, 0.2) is 11.5 Å². The fourth-order valence-electron chi connectivity index (χ4n) is 2.92. The molecule has 1 aromatic heterocycles. The van der Waals surface area contributed by atoms with E-state index in [9.17, 15) is 0 Å². The molecule has 0 spiro atoms. The lowest BCUT2D eigenvalue weighted by molar-refractivity contribution is 0.173. The molecule has 0 saturated carbocycles. The zero-order chi connectivity index (χ0) is 14.4. The highest BCUT2D eigenvalue weighted by Crippen LogP contribution is 2.42. The van der Waals surface area contributed by atoms with Gasteiger partial charge in [-0.2, -0.15) is 0 Å². The zero-order valence-corrected chi connectivity index (χ0v) is 14.0. The third-order valence-electron chi connectivity index (χ3n) is 3.93. The van der Waals surface area contributed by atoms with E-state index in [0.29, 0.717) is 0 Å². The summed E-state index contributed by atoms with van der Waals surface area (Å²) < 4.78 is 11.9. The molecular weight excluding hydrogens is 352 g/mol. The number of aromatic nitrogens is 1. The minimum atomic E-state index is 0.0893. The van der Waals surface area contributed by atoms with Crippen molar-refractivity contribution in [3.05, 3.63) is 37.7 Å². The van der Waals surface area contributed by atoms with Crippen molar-refractivity contribution in [1.29, 1.82) is 0 Å². The van der Waals surface area contributed by atoms with Crippen molar-refractivity contribution in [2.24, 2.45) is 0 Å². The summed E-state index contributed by atoms with van der Waals surface area (Å²) in [6, 6.07) is 4.22. The van der Waals surface area contributed by atoms with Gasteiger partial charge >= 0.3 is 0 Å². The van der Waals surface area contributed by atoms with Crippen LogP contribution in [0.25, 0.3) is 0 Å². The van der Waals surface area contributed by atoms with Gasteiger partial charge in [-0.05, 0) is 59.9 Å². The van der Waals surface area contributed by atoms with Crippen molar-refractivity contribution >= 4 is 27.3 Å². The van der Waals surface area contributed by atoms with Crippen molar-refractivity contribution in [1.82, 2.24) is 10.3 Å². The zero-order valence-electron chi connectivity index (χ0n) is 11.6. The molecule has 0 radical (unpaired) electrons. The Labute approximate surface area is 135 Å². The van der Waals surface area contributed by atoms with Crippen molar-refractivity contribution < 1.29 is 9.47 Å². The summed E-state index contributed by atoms with van der Waals surface area (Å²) in [6.45, 7) is 0.285. The fourth-order valence-corrected chi connectivity index (χ4v) is 4.79. The molecule has 4 nitrogen and oxygen atoms in total. The first kappa shape index (κ1) is 13.5. The van der Waals surface area contributed by atoms with Gasteiger partial charge in [-0.1, -0.05) is 0 Å². The first-order chi connectivity index (χ1) is 10.3. The van der Waals surface area contributed by atoms with E-state index in [1.165, 1.54) is 23.4 Å². The van der Waals surface area contributed by atoms with Crippen LogP contribution in [0.1, 0.15) is 33.6 Å². The minimum absolute atomic E-state index is 0.0893. The van der Waals surface area contributed by atoms with Crippen LogP contribution in [0.15, 0.2) is 16.6 Å². The van der Waals surface area contributed by atoms with Crippen molar-refractivity contribution in [2.75, 3.05) is 13.8 Å². The van der Waals surface area contributed by atoms with E-state index < -0.39 is 0 Å². The molecule has 2 aromatic rings. The van der Waals surface area contributed by atoms with Crippen LogP contribution < -0.4 is 14.8 Å². The Morgan fingerprint density at radius 3 is 3.05 bits per heavy atom. The molecule has 0 fully saturated rings. The predicted molar refractivity (Wildman–Crippen MR) is 85.3 cm³/mol. The van der Waals surface area contributed by atoms with Crippen molar-refractivity contribution in [3.63, 3.8) is 0 Å². The van der Waals surface area contributed by atoms with Crippen LogP contribution in [-0.4, -0.2) is 18.8 Å². The fraction of sp³-hybridized carbons (Fsp3) is 0.400. The summed E-state index contributed by atoms with van der Waals surface area (Å²) in [6.07, 6.45) is 3.54. The van der Waals surface area contributed by atoms with E-state index >= 15 is 0 Å². The molecule has 0 bridgehead atoms. The summed E-state index contributed by atoms with van der Waals surface area (Å²) >= 11 is 5.39. The van der Waals surface area contributed by atoms with E-state index in [1.54, 1.807) is 0 Å². The molecule has 6 heteroatoms. The van der Waals surface area contributed by atoms with Crippen molar-refractivity contribution in [3.8, 4) is 11.5 Å². The summed E-state index contributed by atoms with van der Waals surface area (Å²) in [5.41, 5.74) is 2.43. The van der Waals surface area contributed by atoms with Crippen LogP contribution >= 0.6 is 27.3 Å². The average Bonchev–Trinajstić information content (AvgIpc) is 3.13. The largest absolute Gasteiger partial charge is 0.454 e. The van der Waals surface area contributed by atoms with Gasteiger partial charge in [0.1, 0.15) is 5.01 Å². The molecule has 4 rings (SSSR count). The number of ether oxygens (including phenoxy) is 2. The Morgan fingerprint density at radius 1 is 1.33 bits per heavy atom. The van der Waals surface area contributed by atoms with Gasteiger partial charge < -0.3 is 14.8 Å². The molecule has 1 N–H and O–H groups in total. The number of aryl methyl sites for hydroxylation is 2. The SMILES string of the molecule is CNC(c1cc(Br)c2c(c1)OCO2)c1nc2c(s1)CCC2. The van der Waals surface area contributed by atoms with E-state index in [-0.39, 0.29) is 12.8 Å². The first-order valence-electron chi connectivity index (χ1n) is 7.01. The third-order valence-corrected chi connectivity index (χ3v) is 5.74. The van der Waals surface area contributed by atoms with E-state index in [2.05, 4.69) is 27.3 Å². The third kappa shape index (κ3) is 2.25. The van der Waals surface area contributed by atoms with E-state index in [0.717, 1.165) is 33.0 Å². The summed E-state index contributed by atoms with van der Waals surface area (Å²) in [5, 5.41) is 4.50. The molecule has 21 heavy (non-hydrogen) atoms. The van der Waals surface area contributed by atoms with Crippen LogP contribution in [0.2, 0.25) is 0 Å². The summed E-state index contributed by atoms with van der Waals surface area (Å²) in [7, 11) is 1.97. The van der Waals surface area contributed by atoms with E-state index in [4.69, 9.17) is 14.5 Å². The highest BCUT2D eigenvalue weighted by Gasteiger charge is 2.25. The standard InChI is InChI=1S/C15H15BrN2O2S/c1-17-13(15-18-10-3-2-4-12(10)21-15)8-5-9(16)14-11(6-8)19-7-20-14/h5-6,13,17H,2-4,7H2,1H3. The lowest BCUT2D eigenvalue weighted by Gasteiger charge is -2.15. The van der Waals surface area contributed by atoms with Crippen molar-refractivity contribution in [2.45, 2.75) is 25.3 Å². The number of nitrogens with one attached hydrogen (secondary N) is 1. The van der Waals surface area contributed by atoms with Gasteiger partial charge in [0.25, 0.3) is 0 Å². The van der Waals surface area contributed by atoms with Gasteiger partial charge in [0, 0.05) is 4.88 Å². The van der Waals surface area contributed by atoms with Gasteiger partial charge in [0.2, 0.25) is 6.79 Å². The summed E-state index contributed by atoms with van der Waals surface area (Å²) in [5.74, 6) is 1.58. The Balaban J connectivity index is 1.74. The Bertz CT molecular complexity index is 680. The second-order valence-electron chi connectivity index (χ2n) is 5.23. The molecule has 2 aliphatic rings. The molecule has 1 atom stereocenters. The molecule has 0 saturated heterocycles. The van der Waals surface area contributed by atoms with Crippen LogP contribution in [-0.2, 0) is 12.8 Å². The monoisotopic (exact) mass is 366 g/mol. The predicted octanol–water partition coefficient (Wildman–Crippen LogP) is 3.43. The normalized spacial score (nSPS) is 17.0. The number of fused-ring (bicyclic) bond motifs is 2. The highest BCUT2D eigenvalue weighted by molar-refractivity contribution is 9.10. The van der Waals surface area contributed by atoms with Gasteiger partial charge in [0.05, 0.1) is 16.2 Å². The van der Waals surface area contributed by atoms with Crippen LogP contribution in [0, 0.1) is 0 Å². The number of hydrogen-bond donors (Lipinski definition) is 1. The molecule has 0 amide bonds. The van der Waals surface area contributed by atoms with Crippen LogP contribution in [0.5, 0.6) is 11.5 Å². The quantitative estimate of drug-likeness (QED) is 0.903. The number of halogens is 1. The maximum absolute atomic E-state index is 5.51. The molecule has 2 heterocycles. The topological polar surface area (TPSA) is 43.4 Å². The Kier molecular flexibility index (Phi) is 3.40.